The number of rotatable bonds is 18. The van der Waals surface area contributed by atoms with Crippen molar-refractivity contribution in [3.8, 4) is 28.7 Å². The maximum atomic E-state index is 12.9. The van der Waals surface area contributed by atoms with Crippen LogP contribution in [0.25, 0.3) is 6.08 Å². The van der Waals surface area contributed by atoms with Gasteiger partial charge in [0.15, 0.2) is 29.7 Å². The van der Waals surface area contributed by atoms with E-state index in [4.69, 9.17) is 36.1 Å². The number of amides is 4. The van der Waals surface area contributed by atoms with E-state index >= 15 is 0 Å². The van der Waals surface area contributed by atoms with Crippen molar-refractivity contribution in [2.24, 2.45) is 17.0 Å². The fourth-order valence-corrected chi connectivity index (χ4v) is 5.43. The molecule has 0 fully saturated rings. The quantitative estimate of drug-likeness (QED) is 0.0128. The molecule has 0 saturated carbocycles. The molecule has 0 aromatic heterocycles. The number of carbonyl (C=O) groups excluding carboxylic acids is 7. The van der Waals surface area contributed by atoms with Gasteiger partial charge >= 0.3 is 5.97 Å². The van der Waals surface area contributed by atoms with Crippen LogP contribution in [0.5, 0.6) is 28.7 Å². The second kappa shape index (κ2) is 52.9. The molecule has 5 aromatic carbocycles. The molecule has 0 spiro atoms. The number of ether oxygens (including phenoxy) is 3. The van der Waals surface area contributed by atoms with E-state index in [1.165, 1.54) is 79.1 Å². The second-order valence-electron chi connectivity index (χ2n) is 17.3. The molecule has 0 aliphatic heterocycles. The zero-order valence-electron chi connectivity index (χ0n) is 53.1. The summed E-state index contributed by atoms with van der Waals surface area (Å²) in [5.74, 6) is 0.426. The van der Waals surface area contributed by atoms with Crippen molar-refractivity contribution in [3.05, 3.63) is 142 Å². The van der Waals surface area contributed by atoms with Gasteiger partial charge in [0.25, 0.3) is 18.3 Å². The number of carboxylic acids is 1. The Morgan fingerprint density at radius 3 is 1.49 bits per heavy atom. The van der Waals surface area contributed by atoms with Crippen molar-refractivity contribution in [1.29, 1.82) is 0 Å². The molecule has 0 radical (unpaired) electrons. The van der Waals surface area contributed by atoms with Crippen molar-refractivity contribution in [2.75, 3.05) is 55.8 Å². The molecule has 0 bridgehead atoms. The number of hydrogen-bond acceptors (Lipinski definition) is 18. The normalized spacial score (nSPS) is 9.41. The van der Waals surface area contributed by atoms with Gasteiger partial charge in [0.05, 0.1) is 37.7 Å². The van der Waals surface area contributed by atoms with Gasteiger partial charge in [-0.2, -0.15) is 0 Å². The SMILES string of the molecule is C.C/C(=C/N)N(N)COC=O.C/C(C=O)=C\c1ccc(O)cc1.C=O.CC.CC.CC.CC.CC(C)(C)C.CNc1ccc(C)cc1.COc1c(NC(=O)c2ccc(NC(=O)c3ccc(NC(=O)CNC=O)cc3)c(OC)c2O)ccc(C(=O)O)c1O. The van der Waals surface area contributed by atoms with E-state index in [1.54, 1.807) is 44.2 Å². The topological polar surface area (TPSA) is 361 Å². The number of aromatic hydroxyl groups is 3. The number of nitrogens with zero attached hydrogens (tertiary/aromatic N) is 1. The maximum absolute atomic E-state index is 12.9. The number of anilines is 4. The van der Waals surface area contributed by atoms with Crippen LogP contribution in [0.2, 0.25) is 0 Å². The van der Waals surface area contributed by atoms with E-state index in [-0.39, 0.29) is 60.5 Å². The fourth-order valence-electron chi connectivity index (χ4n) is 5.43. The van der Waals surface area contributed by atoms with Crippen LogP contribution in [0.4, 0.5) is 22.7 Å². The number of methoxy groups -OCH3 is 2. The highest BCUT2D eigenvalue weighted by Crippen LogP contribution is 2.40. The highest BCUT2D eigenvalue weighted by molar-refractivity contribution is 6.10. The Hall–Kier alpha value is -9.90. The molecular weight excluding hydrogens is 1120 g/mol. The lowest BCUT2D eigenvalue weighted by atomic mass is 10.0. The first-order valence-corrected chi connectivity index (χ1v) is 27.0. The van der Waals surface area contributed by atoms with Gasteiger partial charge in [0, 0.05) is 35.9 Å². The van der Waals surface area contributed by atoms with Gasteiger partial charge in [-0.25, -0.2) is 10.6 Å². The lowest BCUT2D eigenvalue weighted by Gasteiger charge is -2.16. The Bertz CT molecular complexity index is 2780. The number of aldehydes is 1. The summed E-state index contributed by atoms with van der Waals surface area (Å²) < 4.78 is 14.6. The van der Waals surface area contributed by atoms with Crippen molar-refractivity contribution < 1.29 is 73.0 Å². The predicted octanol–water partition coefficient (Wildman–Crippen LogP) is 11.8. The molecule has 13 N–H and O–H groups in total. The van der Waals surface area contributed by atoms with E-state index in [9.17, 15) is 43.8 Å². The highest BCUT2D eigenvalue weighted by Gasteiger charge is 2.24. The van der Waals surface area contributed by atoms with Crippen LogP contribution in [-0.2, 0) is 28.7 Å². The first-order chi connectivity index (χ1) is 40.9. The molecule has 5 aromatic rings. The number of aromatic carboxylic acids is 1. The number of carbonyl (C=O) groups is 8. The van der Waals surface area contributed by atoms with Crippen LogP contribution in [-0.4, -0.2) is 110 Å². The van der Waals surface area contributed by atoms with E-state index in [2.05, 4.69) is 90.2 Å². The van der Waals surface area contributed by atoms with Crippen molar-refractivity contribution in [2.45, 2.75) is 111 Å². The second-order valence-corrected chi connectivity index (χ2v) is 17.3. The average Bonchev–Trinajstić information content (AvgIpc) is 2.61. The number of hydrogen-bond donors (Lipinski definition) is 11. The van der Waals surface area contributed by atoms with Crippen LogP contribution in [0.1, 0.15) is 147 Å². The molecule has 484 valence electrons. The summed E-state index contributed by atoms with van der Waals surface area (Å²) in [6, 6.07) is 25.6. The van der Waals surface area contributed by atoms with E-state index in [0.29, 0.717) is 35.3 Å². The number of allylic oxidation sites excluding steroid dienone is 2. The number of carboxylic acid groups (broad SMARTS) is 1. The average molecular weight is 1220 g/mol. The number of nitrogens with one attached hydrogen (secondary N) is 5. The zero-order chi connectivity index (χ0) is 67.5. The number of benzene rings is 5. The summed E-state index contributed by atoms with van der Waals surface area (Å²) >= 11 is 0. The molecule has 0 unspecified atom stereocenters. The van der Waals surface area contributed by atoms with Crippen LogP contribution in [0, 0.1) is 12.3 Å². The summed E-state index contributed by atoms with van der Waals surface area (Å²) in [4.78, 5) is 86.8. The van der Waals surface area contributed by atoms with Crippen molar-refractivity contribution in [1.82, 2.24) is 10.3 Å². The lowest BCUT2D eigenvalue weighted by Crippen LogP contribution is -2.31. The standard InChI is InChI=1S/C26H24N4O10.C10H10O2.C8H11N.C5H11N3O2.C5H12.4C2H6.CH2O.CH4/c1-39-22-17(29-24(35)13-3-5-14(6-4-13)28-19(32)11-27-12-31)9-7-15(20(22)33)25(36)30-18-10-8-16(26(37)38)21(34)23(18)40-2;1-8(7-11)6-9-2-4-10(12)5-3-9;1-7-3-5-8(9-2)6-4-7;1-5(2-6)8(7)3-10-4-9;1-5(2,3)4;5*1-2;/h3-10,12,33-34H,11H2,1-2H3,(H,27,31)(H,28,32)(H,29,35)(H,30,36)(H,37,38);2-7,12H,1H3;3-6,9H,1-2H3;2,4H,3,6-7H2,1H3;1-4H3;4*1-2H3;1H2;1H4/b;8-6+;;5-2-;;;;;;;. The van der Waals surface area contributed by atoms with Crippen LogP contribution in [0.15, 0.2) is 115 Å². The van der Waals surface area contributed by atoms with Crippen molar-refractivity contribution in [3.63, 3.8) is 0 Å². The minimum atomic E-state index is -1.40. The summed E-state index contributed by atoms with van der Waals surface area (Å²) in [5.41, 5.74) is 10.2. The molecule has 0 saturated heterocycles. The van der Waals surface area contributed by atoms with Gasteiger partial charge in [0.1, 0.15) is 24.4 Å². The summed E-state index contributed by atoms with van der Waals surface area (Å²) in [6.45, 7) is 32.4. The lowest BCUT2D eigenvalue weighted by molar-refractivity contribution is -0.132. The molecule has 0 heterocycles. The minimum Gasteiger partial charge on any atom is -0.508 e. The molecule has 0 aliphatic rings. The molecule has 23 nitrogen and oxygen atoms in total. The first-order valence-electron chi connectivity index (χ1n) is 27.0. The van der Waals surface area contributed by atoms with E-state index in [0.717, 1.165) is 17.9 Å². The number of aryl methyl sites for hydroxylation is 1. The molecule has 0 atom stereocenters. The highest BCUT2D eigenvalue weighted by atomic mass is 16.5. The Morgan fingerprint density at radius 1 is 0.655 bits per heavy atom. The van der Waals surface area contributed by atoms with Gasteiger partial charge < -0.3 is 71.7 Å². The molecule has 5 rings (SSSR count). The Balaban J connectivity index is -0.000000282. The van der Waals surface area contributed by atoms with E-state index < -0.39 is 40.8 Å². The minimum absolute atomic E-state index is 0. The van der Waals surface area contributed by atoms with Crippen LogP contribution in [0.3, 0.4) is 0 Å². The third-order valence-corrected chi connectivity index (χ3v) is 9.21. The predicted molar refractivity (Wildman–Crippen MR) is 350 cm³/mol. The van der Waals surface area contributed by atoms with E-state index in [1.807, 2.05) is 69.2 Å². The number of phenols is 3. The molecular formula is C64H98N8O15. The smallest absolute Gasteiger partial charge is 0.339 e. The fraction of sp³-hybridized carbons (Fsp3) is 0.344. The largest absolute Gasteiger partial charge is 0.508 e. The third-order valence-electron chi connectivity index (χ3n) is 9.21. The van der Waals surface area contributed by atoms with Crippen molar-refractivity contribution >= 4 is 78.5 Å². The molecule has 87 heavy (non-hydrogen) atoms. The number of hydrazine groups is 1. The van der Waals surface area contributed by atoms with Gasteiger partial charge in [-0.05, 0) is 116 Å². The Kier molecular flexibility index (Phi) is 53.7. The maximum Gasteiger partial charge on any atom is 0.339 e. The third kappa shape index (κ3) is 38.6. The Labute approximate surface area is 515 Å². The number of phenolic OH excluding ortho intramolecular Hbond substituents is 2. The first kappa shape index (κ1) is 88.3. The molecule has 4 amide bonds. The number of nitrogens with two attached hydrogens (primary N) is 2. The van der Waals surface area contributed by atoms with Gasteiger partial charge in [-0.3, -0.25) is 33.8 Å². The van der Waals surface area contributed by atoms with Crippen LogP contribution >= 0.6 is 0 Å². The summed E-state index contributed by atoms with van der Waals surface area (Å²) in [6.07, 6.45) is 4.27. The van der Waals surface area contributed by atoms with Gasteiger partial charge in [-0.1, -0.05) is 120 Å². The zero-order valence-corrected chi connectivity index (χ0v) is 53.1. The molecule has 23 heteroatoms. The summed E-state index contributed by atoms with van der Waals surface area (Å²) in [5, 5.41) is 53.0. The van der Waals surface area contributed by atoms with Gasteiger partial charge in [0.2, 0.25) is 12.3 Å². The molecule has 0 aliphatic carbocycles. The Morgan fingerprint density at radius 2 is 1.09 bits per heavy atom. The summed E-state index contributed by atoms with van der Waals surface area (Å²) in [7, 11) is 4.31. The van der Waals surface area contributed by atoms with Gasteiger partial charge in [-0.15, -0.1) is 0 Å². The monoisotopic (exact) mass is 1220 g/mol. The van der Waals surface area contributed by atoms with Crippen LogP contribution < -0.4 is 47.6 Å².